The molecule has 0 heterocycles. The first-order chi connectivity index (χ1) is 16.0. The molecule has 0 aromatic heterocycles. The molecule has 1 rings (SSSR count). The summed E-state index contributed by atoms with van der Waals surface area (Å²) in [4.78, 5) is 50.2. The number of hydrogen-bond acceptors (Lipinski definition) is 6. The second-order valence-electron chi connectivity index (χ2n) is 8.93. The van der Waals surface area contributed by atoms with E-state index in [4.69, 9.17) is 5.73 Å². The number of aliphatic carboxylic acids is 1. The summed E-state index contributed by atoms with van der Waals surface area (Å²) in [6, 6.07) is 5.23. The van der Waals surface area contributed by atoms with Gasteiger partial charge in [0.1, 0.15) is 18.1 Å². The van der Waals surface area contributed by atoms with E-state index in [0.29, 0.717) is 12.2 Å². The van der Waals surface area contributed by atoms with Crippen molar-refractivity contribution in [1.29, 1.82) is 0 Å². The Morgan fingerprint density at radius 2 is 1.47 bits per heavy atom. The normalized spacial score (nSPS) is 14.7. The van der Waals surface area contributed by atoms with Crippen LogP contribution in [0.1, 0.15) is 39.7 Å². The van der Waals surface area contributed by atoms with E-state index < -0.39 is 47.9 Å². The number of carboxylic acid groups (broad SMARTS) is 1. The topological polar surface area (TPSA) is 151 Å². The molecule has 190 valence electrons. The van der Waals surface area contributed by atoms with Crippen LogP contribution >= 0.6 is 11.8 Å². The van der Waals surface area contributed by atoms with Crippen molar-refractivity contribution in [3.05, 3.63) is 35.9 Å². The third kappa shape index (κ3) is 9.72. The fourth-order valence-electron chi connectivity index (χ4n) is 3.18. The van der Waals surface area contributed by atoms with Crippen LogP contribution in [0.15, 0.2) is 30.3 Å². The summed E-state index contributed by atoms with van der Waals surface area (Å²) in [5.41, 5.74) is 6.67. The molecule has 0 spiro atoms. The fourth-order valence-corrected chi connectivity index (χ4v) is 3.65. The van der Waals surface area contributed by atoms with Gasteiger partial charge in [0, 0.05) is 6.42 Å². The Labute approximate surface area is 206 Å². The molecule has 0 saturated heterocycles. The van der Waals surface area contributed by atoms with Gasteiger partial charge >= 0.3 is 5.97 Å². The first kappa shape index (κ1) is 29.4. The molecule has 10 heteroatoms. The summed E-state index contributed by atoms with van der Waals surface area (Å²) in [6.45, 7) is 7.18. The van der Waals surface area contributed by atoms with Crippen molar-refractivity contribution >= 4 is 35.5 Å². The van der Waals surface area contributed by atoms with Crippen LogP contribution in [-0.2, 0) is 25.6 Å². The first-order valence-corrected chi connectivity index (χ1v) is 12.8. The number of rotatable bonds is 14. The van der Waals surface area contributed by atoms with Crippen molar-refractivity contribution in [3.8, 4) is 0 Å². The SMILES string of the molecule is CSCCC(NC(=O)C(NC(=O)C(N)C(C)C)C(C)C)C(=O)NC(Cc1ccccc1)C(=O)O. The van der Waals surface area contributed by atoms with Crippen molar-refractivity contribution < 1.29 is 24.3 Å². The smallest absolute Gasteiger partial charge is 0.326 e. The highest BCUT2D eigenvalue weighted by molar-refractivity contribution is 7.98. The minimum Gasteiger partial charge on any atom is -0.480 e. The molecule has 0 aliphatic heterocycles. The molecule has 1 aromatic rings. The Morgan fingerprint density at radius 1 is 0.882 bits per heavy atom. The van der Waals surface area contributed by atoms with E-state index in [2.05, 4.69) is 16.0 Å². The molecule has 1 aromatic carbocycles. The molecule has 0 radical (unpaired) electrons. The van der Waals surface area contributed by atoms with Gasteiger partial charge in [-0.3, -0.25) is 14.4 Å². The van der Waals surface area contributed by atoms with Crippen LogP contribution in [0.2, 0.25) is 0 Å². The number of amides is 3. The van der Waals surface area contributed by atoms with E-state index in [1.807, 2.05) is 26.2 Å². The molecule has 0 aliphatic carbocycles. The molecule has 34 heavy (non-hydrogen) atoms. The van der Waals surface area contributed by atoms with Gasteiger partial charge < -0.3 is 26.8 Å². The fraction of sp³-hybridized carbons (Fsp3) is 0.583. The number of nitrogens with one attached hydrogen (secondary N) is 3. The van der Waals surface area contributed by atoms with Gasteiger partial charge in [0.15, 0.2) is 0 Å². The monoisotopic (exact) mass is 494 g/mol. The number of carbonyl (C=O) groups is 4. The molecule has 6 N–H and O–H groups in total. The maximum Gasteiger partial charge on any atom is 0.326 e. The summed E-state index contributed by atoms with van der Waals surface area (Å²) in [5, 5.41) is 17.6. The second kappa shape index (κ2) is 14.6. The van der Waals surface area contributed by atoms with Gasteiger partial charge in [-0.15, -0.1) is 0 Å². The predicted molar refractivity (Wildman–Crippen MR) is 134 cm³/mol. The molecular weight excluding hydrogens is 456 g/mol. The average molecular weight is 495 g/mol. The average Bonchev–Trinajstić information content (AvgIpc) is 2.78. The van der Waals surface area contributed by atoms with Crippen LogP contribution in [0.5, 0.6) is 0 Å². The van der Waals surface area contributed by atoms with Crippen LogP contribution in [0, 0.1) is 11.8 Å². The number of nitrogens with two attached hydrogens (primary N) is 1. The minimum absolute atomic E-state index is 0.103. The zero-order chi connectivity index (χ0) is 25.8. The molecule has 3 amide bonds. The van der Waals surface area contributed by atoms with Gasteiger partial charge in [-0.2, -0.15) is 11.8 Å². The van der Waals surface area contributed by atoms with Crippen LogP contribution in [-0.4, -0.2) is 65.0 Å². The maximum absolute atomic E-state index is 13.0. The minimum atomic E-state index is -1.16. The van der Waals surface area contributed by atoms with Crippen molar-refractivity contribution in [3.63, 3.8) is 0 Å². The van der Waals surface area contributed by atoms with Gasteiger partial charge in [0.2, 0.25) is 17.7 Å². The highest BCUT2D eigenvalue weighted by atomic mass is 32.2. The summed E-state index contributed by atoms with van der Waals surface area (Å²) >= 11 is 1.50. The van der Waals surface area contributed by atoms with Crippen LogP contribution < -0.4 is 21.7 Å². The van der Waals surface area contributed by atoms with E-state index in [1.54, 1.807) is 38.1 Å². The van der Waals surface area contributed by atoms with E-state index in [0.717, 1.165) is 5.56 Å². The number of carboxylic acids is 1. The van der Waals surface area contributed by atoms with Crippen LogP contribution in [0.4, 0.5) is 0 Å². The molecule has 0 aliphatic rings. The van der Waals surface area contributed by atoms with Crippen molar-refractivity contribution in [2.24, 2.45) is 17.6 Å². The van der Waals surface area contributed by atoms with Gasteiger partial charge in [-0.25, -0.2) is 4.79 Å². The lowest BCUT2D eigenvalue weighted by molar-refractivity contribution is -0.142. The molecule has 0 fully saturated rings. The summed E-state index contributed by atoms with van der Waals surface area (Å²) in [7, 11) is 0. The Hall–Kier alpha value is -2.59. The lowest BCUT2D eigenvalue weighted by Gasteiger charge is -2.27. The molecule has 4 atom stereocenters. The maximum atomic E-state index is 13.0. The molecule has 9 nitrogen and oxygen atoms in total. The van der Waals surface area contributed by atoms with Gasteiger partial charge in [0.25, 0.3) is 0 Å². The lowest BCUT2D eigenvalue weighted by Crippen LogP contribution is -2.59. The van der Waals surface area contributed by atoms with E-state index in [9.17, 15) is 24.3 Å². The Balaban J connectivity index is 2.96. The standard InChI is InChI=1S/C24H38N4O5S/c1-14(2)19(25)22(30)28-20(15(3)4)23(31)26-17(11-12-34-5)21(29)27-18(24(32)33)13-16-9-7-6-8-10-16/h6-10,14-15,17-20H,11-13,25H2,1-5H3,(H,26,31)(H,27,29)(H,28,30)(H,32,33). The van der Waals surface area contributed by atoms with Crippen LogP contribution in [0.3, 0.4) is 0 Å². The largest absolute Gasteiger partial charge is 0.480 e. The summed E-state index contributed by atoms with van der Waals surface area (Å²) in [5.74, 6) is -2.49. The third-order valence-corrected chi connectivity index (χ3v) is 6.05. The molecule has 4 unspecified atom stereocenters. The van der Waals surface area contributed by atoms with Crippen molar-refractivity contribution in [1.82, 2.24) is 16.0 Å². The van der Waals surface area contributed by atoms with Gasteiger partial charge in [-0.1, -0.05) is 58.0 Å². The Morgan fingerprint density at radius 3 is 1.97 bits per heavy atom. The van der Waals surface area contributed by atoms with Gasteiger partial charge in [-0.05, 0) is 35.8 Å². The number of carbonyl (C=O) groups excluding carboxylic acids is 3. The zero-order valence-electron chi connectivity index (χ0n) is 20.5. The highest BCUT2D eigenvalue weighted by Gasteiger charge is 2.32. The third-order valence-electron chi connectivity index (χ3n) is 5.41. The summed E-state index contributed by atoms with van der Waals surface area (Å²) in [6.07, 6.45) is 2.29. The van der Waals surface area contributed by atoms with Gasteiger partial charge in [0.05, 0.1) is 6.04 Å². The van der Waals surface area contributed by atoms with Crippen molar-refractivity contribution in [2.75, 3.05) is 12.0 Å². The second-order valence-corrected chi connectivity index (χ2v) is 9.92. The molecule has 0 saturated carbocycles. The summed E-state index contributed by atoms with van der Waals surface area (Å²) < 4.78 is 0. The first-order valence-electron chi connectivity index (χ1n) is 11.4. The quantitative estimate of drug-likeness (QED) is 0.260. The zero-order valence-corrected chi connectivity index (χ0v) is 21.4. The van der Waals surface area contributed by atoms with E-state index in [-0.39, 0.29) is 18.3 Å². The molecular formula is C24H38N4O5S. The number of thioether (sulfide) groups is 1. The Bertz CT molecular complexity index is 819. The predicted octanol–water partition coefficient (Wildman–Crippen LogP) is 1.16. The Kier molecular flexibility index (Phi) is 12.7. The number of hydrogen-bond donors (Lipinski definition) is 5. The molecule has 0 bridgehead atoms. The van der Waals surface area contributed by atoms with Crippen molar-refractivity contribution in [2.45, 2.75) is 64.7 Å². The lowest BCUT2D eigenvalue weighted by atomic mass is 9.99. The van der Waals surface area contributed by atoms with E-state index in [1.165, 1.54) is 11.8 Å². The highest BCUT2D eigenvalue weighted by Crippen LogP contribution is 2.09. The van der Waals surface area contributed by atoms with Crippen LogP contribution in [0.25, 0.3) is 0 Å². The van der Waals surface area contributed by atoms with E-state index >= 15 is 0 Å². The number of benzene rings is 1.